The summed E-state index contributed by atoms with van der Waals surface area (Å²) in [7, 11) is 0. The Morgan fingerprint density at radius 3 is 2.71 bits per heavy atom. The quantitative estimate of drug-likeness (QED) is 0.870. The summed E-state index contributed by atoms with van der Waals surface area (Å²) in [6.45, 7) is 3.65. The Kier molecular flexibility index (Phi) is 3.84. The predicted octanol–water partition coefficient (Wildman–Crippen LogP) is 1.69. The van der Waals surface area contributed by atoms with Gasteiger partial charge in [0.1, 0.15) is 5.76 Å². The standard InChI is InChI=1S/C13H19NO3/c1-2-11-3-4-12(17-11)13(16)14-7-5-10(9-15)6-8-14/h3-4,10,15H,2,5-9H2,1H3. The molecule has 2 heterocycles. The first kappa shape index (κ1) is 12.2. The van der Waals surface area contributed by atoms with Gasteiger partial charge in [0.05, 0.1) is 0 Å². The van der Waals surface area contributed by atoms with E-state index in [0.717, 1.165) is 25.0 Å². The van der Waals surface area contributed by atoms with E-state index < -0.39 is 0 Å². The number of furan rings is 1. The molecule has 0 saturated carbocycles. The maximum absolute atomic E-state index is 12.1. The van der Waals surface area contributed by atoms with E-state index in [9.17, 15) is 4.79 Å². The fraction of sp³-hybridized carbons (Fsp3) is 0.615. The van der Waals surface area contributed by atoms with E-state index in [4.69, 9.17) is 9.52 Å². The Bertz CT molecular complexity index is 378. The maximum atomic E-state index is 12.1. The highest BCUT2D eigenvalue weighted by Crippen LogP contribution is 2.19. The van der Waals surface area contributed by atoms with Crippen LogP contribution in [0.3, 0.4) is 0 Å². The van der Waals surface area contributed by atoms with Gasteiger partial charge in [0.25, 0.3) is 5.91 Å². The number of aryl methyl sites for hydroxylation is 1. The van der Waals surface area contributed by atoms with Crippen LogP contribution >= 0.6 is 0 Å². The number of likely N-dealkylation sites (tertiary alicyclic amines) is 1. The zero-order chi connectivity index (χ0) is 12.3. The number of piperidine rings is 1. The van der Waals surface area contributed by atoms with Crippen molar-refractivity contribution in [2.45, 2.75) is 26.2 Å². The molecule has 0 aliphatic carbocycles. The Balaban J connectivity index is 1.96. The van der Waals surface area contributed by atoms with Gasteiger partial charge in [0.2, 0.25) is 0 Å². The lowest BCUT2D eigenvalue weighted by molar-refractivity contribution is 0.0618. The summed E-state index contributed by atoms with van der Waals surface area (Å²) < 4.78 is 5.46. The van der Waals surface area contributed by atoms with Crippen molar-refractivity contribution in [3.05, 3.63) is 23.7 Å². The second kappa shape index (κ2) is 5.36. The molecule has 1 aliphatic rings. The van der Waals surface area contributed by atoms with Crippen LogP contribution in [0.5, 0.6) is 0 Å². The van der Waals surface area contributed by atoms with Crippen LogP contribution in [0.4, 0.5) is 0 Å². The van der Waals surface area contributed by atoms with Gasteiger partial charge in [-0.25, -0.2) is 0 Å². The molecule has 1 saturated heterocycles. The molecule has 0 aromatic carbocycles. The predicted molar refractivity (Wildman–Crippen MR) is 63.8 cm³/mol. The number of hydrogen-bond donors (Lipinski definition) is 1. The van der Waals surface area contributed by atoms with Gasteiger partial charge in [-0.1, -0.05) is 6.92 Å². The number of carbonyl (C=O) groups excluding carboxylic acids is 1. The van der Waals surface area contributed by atoms with Gasteiger partial charge in [-0.05, 0) is 30.9 Å². The molecule has 0 atom stereocenters. The minimum Gasteiger partial charge on any atom is -0.456 e. The second-order valence-corrected chi connectivity index (χ2v) is 4.54. The first-order valence-corrected chi connectivity index (χ1v) is 6.23. The molecule has 2 rings (SSSR count). The number of aliphatic hydroxyl groups is 1. The second-order valence-electron chi connectivity index (χ2n) is 4.54. The number of rotatable bonds is 3. The normalized spacial score (nSPS) is 17.4. The highest BCUT2D eigenvalue weighted by molar-refractivity contribution is 5.91. The minimum atomic E-state index is -0.0268. The molecular weight excluding hydrogens is 218 g/mol. The monoisotopic (exact) mass is 237 g/mol. The summed E-state index contributed by atoms with van der Waals surface area (Å²) in [6, 6.07) is 3.60. The number of aliphatic hydroxyl groups excluding tert-OH is 1. The molecule has 0 radical (unpaired) electrons. The van der Waals surface area contributed by atoms with E-state index in [1.807, 2.05) is 17.9 Å². The topological polar surface area (TPSA) is 53.7 Å². The molecule has 17 heavy (non-hydrogen) atoms. The van der Waals surface area contributed by atoms with Crippen LogP contribution in [-0.4, -0.2) is 35.6 Å². The third-order valence-electron chi connectivity index (χ3n) is 3.38. The summed E-state index contributed by atoms with van der Waals surface area (Å²) in [4.78, 5) is 13.9. The highest BCUT2D eigenvalue weighted by Gasteiger charge is 2.24. The summed E-state index contributed by atoms with van der Waals surface area (Å²) >= 11 is 0. The van der Waals surface area contributed by atoms with Crippen molar-refractivity contribution in [3.63, 3.8) is 0 Å². The number of hydrogen-bond acceptors (Lipinski definition) is 3. The number of nitrogens with zero attached hydrogens (tertiary/aromatic N) is 1. The molecular formula is C13H19NO3. The fourth-order valence-electron chi connectivity index (χ4n) is 2.16. The van der Waals surface area contributed by atoms with E-state index in [2.05, 4.69) is 0 Å². The zero-order valence-corrected chi connectivity index (χ0v) is 10.2. The van der Waals surface area contributed by atoms with Gasteiger partial charge in [-0.15, -0.1) is 0 Å². The van der Waals surface area contributed by atoms with Gasteiger partial charge in [-0.2, -0.15) is 0 Å². The molecule has 1 amide bonds. The SMILES string of the molecule is CCc1ccc(C(=O)N2CCC(CO)CC2)o1. The Morgan fingerprint density at radius 1 is 1.47 bits per heavy atom. The van der Waals surface area contributed by atoms with Crippen molar-refractivity contribution in [1.29, 1.82) is 0 Å². The first-order chi connectivity index (χ1) is 8.24. The van der Waals surface area contributed by atoms with Crippen LogP contribution in [0, 0.1) is 5.92 Å². The lowest BCUT2D eigenvalue weighted by Crippen LogP contribution is -2.39. The molecule has 1 N–H and O–H groups in total. The fourth-order valence-corrected chi connectivity index (χ4v) is 2.16. The molecule has 0 unspecified atom stereocenters. The number of carbonyl (C=O) groups is 1. The highest BCUT2D eigenvalue weighted by atomic mass is 16.4. The van der Waals surface area contributed by atoms with Crippen LogP contribution in [0.2, 0.25) is 0 Å². The molecule has 1 fully saturated rings. The van der Waals surface area contributed by atoms with Crippen molar-refractivity contribution in [3.8, 4) is 0 Å². The molecule has 94 valence electrons. The average molecular weight is 237 g/mol. The third kappa shape index (κ3) is 2.69. The van der Waals surface area contributed by atoms with E-state index >= 15 is 0 Å². The van der Waals surface area contributed by atoms with Crippen molar-refractivity contribution in [2.75, 3.05) is 19.7 Å². The molecule has 1 aliphatic heterocycles. The van der Waals surface area contributed by atoms with E-state index in [1.165, 1.54) is 0 Å². The van der Waals surface area contributed by atoms with Gasteiger partial charge < -0.3 is 14.4 Å². The summed E-state index contributed by atoms with van der Waals surface area (Å²) in [5.74, 6) is 1.60. The van der Waals surface area contributed by atoms with Crippen LogP contribution in [-0.2, 0) is 6.42 Å². The van der Waals surface area contributed by atoms with Gasteiger partial charge >= 0.3 is 0 Å². The molecule has 4 heteroatoms. The summed E-state index contributed by atoms with van der Waals surface area (Å²) in [5.41, 5.74) is 0. The Labute approximate surface area is 101 Å². The van der Waals surface area contributed by atoms with Crippen molar-refractivity contribution in [2.24, 2.45) is 5.92 Å². The summed E-state index contributed by atoms with van der Waals surface area (Å²) in [5, 5.41) is 9.05. The average Bonchev–Trinajstić information content (AvgIpc) is 2.87. The molecule has 4 nitrogen and oxygen atoms in total. The van der Waals surface area contributed by atoms with E-state index in [1.54, 1.807) is 6.07 Å². The van der Waals surface area contributed by atoms with E-state index in [-0.39, 0.29) is 12.5 Å². The van der Waals surface area contributed by atoms with Crippen LogP contribution in [0.25, 0.3) is 0 Å². The van der Waals surface area contributed by atoms with E-state index in [0.29, 0.717) is 24.8 Å². The third-order valence-corrected chi connectivity index (χ3v) is 3.38. The van der Waals surface area contributed by atoms with Crippen LogP contribution < -0.4 is 0 Å². The Morgan fingerprint density at radius 2 is 2.18 bits per heavy atom. The first-order valence-electron chi connectivity index (χ1n) is 6.23. The van der Waals surface area contributed by atoms with Crippen molar-refractivity contribution < 1.29 is 14.3 Å². The van der Waals surface area contributed by atoms with Crippen molar-refractivity contribution >= 4 is 5.91 Å². The lowest BCUT2D eigenvalue weighted by Gasteiger charge is -2.30. The van der Waals surface area contributed by atoms with Crippen molar-refractivity contribution in [1.82, 2.24) is 4.90 Å². The molecule has 1 aromatic rings. The molecule has 1 aromatic heterocycles. The number of amides is 1. The largest absolute Gasteiger partial charge is 0.456 e. The van der Waals surface area contributed by atoms with Gasteiger partial charge in [0.15, 0.2) is 5.76 Å². The smallest absolute Gasteiger partial charge is 0.289 e. The lowest BCUT2D eigenvalue weighted by atomic mass is 9.98. The van der Waals surface area contributed by atoms with Crippen LogP contribution in [0.1, 0.15) is 36.1 Å². The summed E-state index contributed by atoms with van der Waals surface area (Å²) in [6.07, 6.45) is 2.56. The maximum Gasteiger partial charge on any atom is 0.289 e. The Hall–Kier alpha value is -1.29. The zero-order valence-electron chi connectivity index (χ0n) is 10.2. The minimum absolute atomic E-state index is 0.0268. The molecule has 0 spiro atoms. The molecule has 0 bridgehead atoms. The van der Waals surface area contributed by atoms with Gasteiger partial charge in [-0.3, -0.25) is 4.79 Å². The van der Waals surface area contributed by atoms with Gasteiger partial charge in [0, 0.05) is 26.1 Å². The van der Waals surface area contributed by atoms with Crippen LogP contribution in [0.15, 0.2) is 16.5 Å².